The van der Waals surface area contributed by atoms with Gasteiger partial charge in [-0.1, -0.05) is 49.2 Å². The van der Waals surface area contributed by atoms with Crippen molar-refractivity contribution in [1.29, 1.82) is 0 Å². The van der Waals surface area contributed by atoms with E-state index < -0.39 is 51.1 Å². The minimum Gasteiger partial charge on any atom is -0.598 e. The van der Waals surface area contributed by atoms with Crippen LogP contribution < -0.4 is 10.0 Å². The van der Waals surface area contributed by atoms with Crippen LogP contribution in [0.5, 0.6) is 0 Å². The van der Waals surface area contributed by atoms with Crippen LogP contribution in [0.15, 0.2) is 73.1 Å². The molecule has 2 N–H and O–H groups in total. The molecule has 47 heavy (non-hydrogen) atoms. The molecular formula is C37H47FN4O4S. The van der Waals surface area contributed by atoms with Gasteiger partial charge >= 0.3 is 6.09 Å². The average Bonchev–Trinajstić information content (AvgIpc) is 3.74. The Bertz CT molecular complexity index is 1540. The first-order chi connectivity index (χ1) is 22.2. The average molecular weight is 663 g/mol. The fourth-order valence-electron chi connectivity index (χ4n) is 6.08. The van der Waals surface area contributed by atoms with Crippen molar-refractivity contribution in [2.45, 2.75) is 101 Å². The second-order valence-corrected chi connectivity index (χ2v) is 16.7. The number of benzene rings is 2. The van der Waals surface area contributed by atoms with Crippen LogP contribution in [-0.2, 0) is 26.4 Å². The number of hydrogen-bond donors (Lipinski definition) is 2. The predicted octanol–water partition coefficient (Wildman–Crippen LogP) is 7.44. The number of halogens is 1. The van der Waals surface area contributed by atoms with E-state index in [1.54, 1.807) is 45.3 Å². The van der Waals surface area contributed by atoms with Gasteiger partial charge in [0.05, 0.1) is 5.69 Å². The van der Waals surface area contributed by atoms with Crippen LogP contribution in [-0.4, -0.2) is 49.4 Å². The number of carbonyl (C=O) groups is 2. The minimum atomic E-state index is -1.48. The molecule has 2 amide bonds. The van der Waals surface area contributed by atoms with Crippen molar-refractivity contribution in [3.05, 3.63) is 95.6 Å². The van der Waals surface area contributed by atoms with E-state index >= 15 is 4.39 Å². The van der Waals surface area contributed by atoms with Gasteiger partial charge < -0.3 is 14.6 Å². The summed E-state index contributed by atoms with van der Waals surface area (Å²) in [5.41, 5.74) is 0.850. The molecule has 5 rings (SSSR count). The molecule has 4 atom stereocenters. The lowest BCUT2D eigenvalue weighted by molar-refractivity contribution is -0.120. The van der Waals surface area contributed by atoms with Crippen molar-refractivity contribution in [3.8, 4) is 0 Å². The van der Waals surface area contributed by atoms with Gasteiger partial charge in [-0.15, -0.1) is 4.72 Å². The zero-order valence-electron chi connectivity index (χ0n) is 28.2. The van der Waals surface area contributed by atoms with Gasteiger partial charge in [0.2, 0.25) is 5.91 Å². The fraction of sp³-hybridized carbons (Fsp3) is 0.486. The Labute approximate surface area is 281 Å². The van der Waals surface area contributed by atoms with E-state index in [0.717, 1.165) is 30.4 Å². The van der Waals surface area contributed by atoms with Crippen molar-refractivity contribution in [2.75, 3.05) is 11.9 Å². The van der Waals surface area contributed by atoms with Crippen LogP contribution in [0.1, 0.15) is 96.3 Å². The van der Waals surface area contributed by atoms with E-state index in [-0.39, 0.29) is 11.6 Å². The lowest BCUT2D eigenvalue weighted by Gasteiger charge is -2.39. The first-order valence-electron chi connectivity index (χ1n) is 16.4. The maximum Gasteiger partial charge on any atom is 0.410 e. The molecule has 1 unspecified atom stereocenters. The Morgan fingerprint density at radius 2 is 1.68 bits per heavy atom. The largest absolute Gasteiger partial charge is 0.598 e. The highest BCUT2D eigenvalue weighted by molar-refractivity contribution is 7.90. The first-order valence-corrected chi connectivity index (χ1v) is 17.6. The number of ether oxygens (including phenoxy) is 1. The molecule has 1 saturated heterocycles. The van der Waals surface area contributed by atoms with Gasteiger partial charge in [0.25, 0.3) is 0 Å². The molecule has 2 heterocycles. The van der Waals surface area contributed by atoms with E-state index in [9.17, 15) is 14.1 Å². The molecule has 1 aliphatic carbocycles. The molecule has 0 bridgehead atoms. The standard InChI is InChI=1S/C37H47FN4O4S/c1-35(2,3)46-34(44)42-24-27(26-10-8-7-9-11-26)22-32(42)33(43)40-31-23-29(14-15-30(31)38)37(19-16-25-12-13-25,28-17-20-39-21-18-28)41-47(45)36(4,5)6/h7-11,14-15,17-18,20-21,23,25,27,32,41H,12-13,16,19,22,24H2,1-6H3,(H,40,43)/t27-,32+,37?,47+/m0/s1. The minimum absolute atomic E-state index is 0.00649. The highest BCUT2D eigenvalue weighted by Crippen LogP contribution is 2.43. The highest BCUT2D eigenvalue weighted by Gasteiger charge is 2.45. The van der Waals surface area contributed by atoms with Crippen molar-refractivity contribution in [2.24, 2.45) is 5.92 Å². The summed E-state index contributed by atoms with van der Waals surface area (Å²) < 4.78 is 37.9. The van der Waals surface area contributed by atoms with E-state index in [4.69, 9.17) is 4.74 Å². The zero-order valence-corrected chi connectivity index (χ0v) is 29.0. The summed E-state index contributed by atoms with van der Waals surface area (Å²) in [5, 5.41) is 2.82. The molecule has 1 saturated carbocycles. The van der Waals surface area contributed by atoms with Gasteiger partial charge in [0.1, 0.15) is 27.7 Å². The summed E-state index contributed by atoms with van der Waals surface area (Å²) in [7, 11) is 0. The third-order valence-electron chi connectivity index (χ3n) is 8.84. The summed E-state index contributed by atoms with van der Waals surface area (Å²) in [6, 6.07) is 17.3. The molecule has 2 fully saturated rings. The van der Waals surface area contributed by atoms with Crippen molar-refractivity contribution in [3.63, 3.8) is 0 Å². The summed E-state index contributed by atoms with van der Waals surface area (Å²) >= 11 is -1.48. The van der Waals surface area contributed by atoms with Crippen LogP contribution in [0.25, 0.3) is 0 Å². The first kappa shape index (κ1) is 34.9. The SMILES string of the molecule is CC(C)(C)OC(=O)N1C[C@@H](c2ccccc2)C[C@@H]1C(=O)Nc1cc(C(CCC2CC2)(N[S@+]([O-])C(C)(C)C)c2ccncc2)ccc1F. The number of anilines is 1. The Morgan fingerprint density at radius 1 is 1.00 bits per heavy atom. The number of nitrogens with zero attached hydrogens (tertiary/aromatic N) is 2. The van der Waals surface area contributed by atoms with Crippen molar-refractivity contribution in [1.82, 2.24) is 14.6 Å². The van der Waals surface area contributed by atoms with Crippen LogP contribution in [0.2, 0.25) is 0 Å². The molecule has 252 valence electrons. The molecule has 10 heteroatoms. The van der Waals surface area contributed by atoms with Crippen LogP contribution in [0.4, 0.5) is 14.9 Å². The molecule has 8 nitrogen and oxygen atoms in total. The Hall–Kier alpha value is -3.47. The summed E-state index contributed by atoms with van der Waals surface area (Å²) in [5.74, 6) is -0.608. The molecule has 3 aromatic rings. The maximum absolute atomic E-state index is 15.6. The molecule has 0 spiro atoms. The Kier molecular flexibility index (Phi) is 10.3. The van der Waals surface area contributed by atoms with Gasteiger partial charge in [-0.2, -0.15) is 0 Å². The van der Waals surface area contributed by atoms with Gasteiger partial charge in [-0.05, 0) is 108 Å². The van der Waals surface area contributed by atoms with E-state index in [1.807, 2.05) is 63.2 Å². The summed E-state index contributed by atoms with van der Waals surface area (Å²) in [6.45, 7) is 11.4. The second kappa shape index (κ2) is 13.9. The van der Waals surface area contributed by atoms with Crippen molar-refractivity contribution < 1.29 is 23.3 Å². The van der Waals surface area contributed by atoms with Crippen LogP contribution in [0.3, 0.4) is 0 Å². The maximum atomic E-state index is 15.6. The lowest BCUT2D eigenvalue weighted by Crippen LogP contribution is -2.52. The van der Waals surface area contributed by atoms with Gasteiger partial charge in [0, 0.05) is 36.2 Å². The quantitative estimate of drug-likeness (QED) is 0.219. The molecule has 2 aliphatic rings. The monoisotopic (exact) mass is 662 g/mol. The lowest BCUT2D eigenvalue weighted by atomic mass is 9.79. The number of carbonyl (C=O) groups excluding carboxylic acids is 2. The topological polar surface area (TPSA) is 107 Å². The van der Waals surface area contributed by atoms with Gasteiger partial charge in [-0.3, -0.25) is 14.7 Å². The number of pyridine rings is 1. The normalized spacial score (nSPS) is 20.4. The smallest absolute Gasteiger partial charge is 0.410 e. The van der Waals surface area contributed by atoms with Crippen LogP contribution >= 0.6 is 0 Å². The number of rotatable bonds is 10. The number of aromatic nitrogens is 1. The molecule has 1 aliphatic heterocycles. The number of likely N-dealkylation sites (tertiary alicyclic amines) is 1. The predicted molar refractivity (Wildman–Crippen MR) is 184 cm³/mol. The van der Waals surface area contributed by atoms with Gasteiger partial charge in [-0.25, -0.2) is 9.18 Å². The van der Waals surface area contributed by atoms with E-state index in [2.05, 4.69) is 15.0 Å². The number of amides is 2. The van der Waals surface area contributed by atoms with E-state index in [0.29, 0.717) is 30.9 Å². The summed E-state index contributed by atoms with van der Waals surface area (Å²) in [6.07, 6.45) is 6.99. The second-order valence-electron chi connectivity index (χ2n) is 14.8. The van der Waals surface area contributed by atoms with Gasteiger partial charge in [0.15, 0.2) is 0 Å². The fourth-order valence-corrected chi connectivity index (χ4v) is 7.04. The van der Waals surface area contributed by atoms with Crippen molar-refractivity contribution >= 4 is 29.0 Å². The number of hydrogen-bond acceptors (Lipinski definition) is 6. The summed E-state index contributed by atoms with van der Waals surface area (Å²) in [4.78, 5) is 33.0. The Morgan fingerprint density at radius 3 is 2.30 bits per heavy atom. The zero-order chi connectivity index (χ0) is 34.0. The Balaban J connectivity index is 1.50. The molecule has 2 aromatic carbocycles. The third-order valence-corrected chi connectivity index (χ3v) is 10.5. The van der Waals surface area contributed by atoms with E-state index in [1.165, 1.54) is 11.0 Å². The number of nitrogens with one attached hydrogen (secondary N) is 2. The molecule has 0 radical (unpaired) electrons. The molecular weight excluding hydrogens is 615 g/mol. The highest BCUT2D eigenvalue weighted by atomic mass is 32.2. The molecule has 1 aromatic heterocycles. The van der Waals surface area contributed by atoms with Crippen LogP contribution in [0, 0.1) is 11.7 Å². The third kappa shape index (κ3) is 8.52.